The van der Waals surface area contributed by atoms with Crippen molar-refractivity contribution in [1.82, 2.24) is 5.32 Å². The van der Waals surface area contributed by atoms with E-state index in [4.69, 9.17) is 5.11 Å². The van der Waals surface area contributed by atoms with E-state index in [0.29, 0.717) is 17.9 Å². The third kappa shape index (κ3) is 4.29. The molecule has 2 rings (SSSR count). The molecule has 0 spiro atoms. The van der Waals surface area contributed by atoms with Gasteiger partial charge in [0.05, 0.1) is 0 Å². The van der Waals surface area contributed by atoms with Crippen LogP contribution >= 0.6 is 0 Å². The number of rotatable bonds is 7. The average Bonchev–Trinajstić information content (AvgIpc) is 2.35. The summed E-state index contributed by atoms with van der Waals surface area (Å²) >= 11 is 0. The summed E-state index contributed by atoms with van der Waals surface area (Å²) in [7, 11) is 0. The molecule has 0 heterocycles. The first kappa shape index (κ1) is 14.5. The van der Waals surface area contributed by atoms with Gasteiger partial charge in [0.15, 0.2) is 0 Å². The maximum Gasteiger partial charge on any atom is 0.123 e. The van der Waals surface area contributed by atoms with Crippen molar-refractivity contribution in [3.8, 4) is 0 Å². The lowest BCUT2D eigenvalue weighted by Gasteiger charge is -2.36. The second-order valence-corrected chi connectivity index (χ2v) is 5.80. The van der Waals surface area contributed by atoms with E-state index in [-0.39, 0.29) is 12.4 Å². The van der Waals surface area contributed by atoms with Crippen LogP contribution in [-0.4, -0.2) is 24.3 Å². The Bertz CT molecular complexity index is 390. The number of halogens is 1. The van der Waals surface area contributed by atoms with Crippen molar-refractivity contribution in [3.05, 3.63) is 35.6 Å². The molecule has 3 heteroatoms. The van der Waals surface area contributed by atoms with Crippen LogP contribution in [0.3, 0.4) is 0 Å². The first-order valence-corrected chi connectivity index (χ1v) is 7.28. The summed E-state index contributed by atoms with van der Waals surface area (Å²) in [6.07, 6.45) is 4.41. The first-order valence-electron chi connectivity index (χ1n) is 7.28. The Hall–Kier alpha value is -0.930. The van der Waals surface area contributed by atoms with Gasteiger partial charge in [-0.15, -0.1) is 0 Å². The molecule has 0 aliphatic heterocycles. The highest BCUT2D eigenvalue weighted by Crippen LogP contribution is 2.36. The SMILES string of the molecule is CC(CO)CCCNC1CC(c2cccc(F)c2)C1. The fourth-order valence-electron chi connectivity index (χ4n) is 2.67. The van der Waals surface area contributed by atoms with E-state index in [1.54, 1.807) is 12.1 Å². The largest absolute Gasteiger partial charge is 0.396 e. The van der Waals surface area contributed by atoms with Crippen molar-refractivity contribution in [2.45, 2.75) is 44.6 Å². The number of benzene rings is 1. The molecule has 19 heavy (non-hydrogen) atoms. The second kappa shape index (κ2) is 7.01. The summed E-state index contributed by atoms with van der Waals surface area (Å²) in [5, 5.41) is 12.5. The predicted octanol–water partition coefficient (Wildman–Crippen LogP) is 3.07. The summed E-state index contributed by atoms with van der Waals surface area (Å²) in [6, 6.07) is 7.55. The highest BCUT2D eigenvalue weighted by Gasteiger charge is 2.29. The van der Waals surface area contributed by atoms with Crippen molar-refractivity contribution in [2.24, 2.45) is 5.92 Å². The van der Waals surface area contributed by atoms with Crippen molar-refractivity contribution in [3.63, 3.8) is 0 Å². The van der Waals surface area contributed by atoms with Gasteiger partial charge in [-0.2, -0.15) is 0 Å². The molecule has 2 N–H and O–H groups in total. The molecule has 1 aliphatic carbocycles. The third-order valence-electron chi connectivity index (χ3n) is 4.08. The van der Waals surface area contributed by atoms with Gasteiger partial charge in [0.2, 0.25) is 0 Å². The summed E-state index contributed by atoms with van der Waals surface area (Å²) in [6.45, 7) is 3.37. The van der Waals surface area contributed by atoms with Crippen LogP contribution in [0, 0.1) is 11.7 Å². The third-order valence-corrected chi connectivity index (χ3v) is 4.08. The lowest BCUT2D eigenvalue weighted by Crippen LogP contribution is -2.40. The average molecular weight is 265 g/mol. The van der Waals surface area contributed by atoms with Crippen LogP contribution in [0.5, 0.6) is 0 Å². The van der Waals surface area contributed by atoms with E-state index in [1.165, 1.54) is 6.07 Å². The molecule has 2 nitrogen and oxygen atoms in total. The number of hydrogen-bond donors (Lipinski definition) is 2. The molecule has 1 aliphatic rings. The van der Waals surface area contributed by atoms with Crippen LogP contribution < -0.4 is 5.32 Å². The van der Waals surface area contributed by atoms with E-state index in [1.807, 2.05) is 6.07 Å². The van der Waals surface area contributed by atoms with Gasteiger partial charge < -0.3 is 10.4 Å². The second-order valence-electron chi connectivity index (χ2n) is 5.80. The Morgan fingerprint density at radius 2 is 2.21 bits per heavy atom. The van der Waals surface area contributed by atoms with Gasteiger partial charge in [0.25, 0.3) is 0 Å². The molecule has 1 unspecified atom stereocenters. The van der Waals surface area contributed by atoms with E-state index in [0.717, 1.165) is 37.8 Å². The predicted molar refractivity (Wildman–Crippen MR) is 75.6 cm³/mol. The molecule has 1 aromatic carbocycles. The highest BCUT2D eigenvalue weighted by molar-refractivity contribution is 5.23. The molecule has 0 amide bonds. The monoisotopic (exact) mass is 265 g/mol. The quantitative estimate of drug-likeness (QED) is 0.743. The molecule has 0 aromatic heterocycles. The number of aliphatic hydroxyl groups excluding tert-OH is 1. The number of aliphatic hydroxyl groups is 1. The van der Waals surface area contributed by atoms with E-state index >= 15 is 0 Å². The molecule has 0 saturated heterocycles. The summed E-state index contributed by atoms with van der Waals surface area (Å²) in [4.78, 5) is 0. The Kier molecular flexibility index (Phi) is 5.34. The van der Waals surface area contributed by atoms with Crippen LogP contribution in [0.4, 0.5) is 4.39 Å². The van der Waals surface area contributed by atoms with Gasteiger partial charge in [-0.25, -0.2) is 4.39 Å². The maximum absolute atomic E-state index is 13.1. The number of hydrogen-bond acceptors (Lipinski definition) is 2. The Labute approximate surface area is 115 Å². The highest BCUT2D eigenvalue weighted by atomic mass is 19.1. The van der Waals surface area contributed by atoms with Crippen LogP contribution in [0.25, 0.3) is 0 Å². The maximum atomic E-state index is 13.1. The molecule has 1 saturated carbocycles. The molecular formula is C16H24FNO. The van der Waals surface area contributed by atoms with Crippen molar-refractivity contribution < 1.29 is 9.50 Å². The van der Waals surface area contributed by atoms with Crippen LogP contribution in [0.1, 0.15) is 44.1 Å². The standard InChI is InChI=1S/C16H24FNO/c1-12(11-19)4-3-7-18-16-9-14(10-16)13-5-2-6-15(17)8-13/h2,5-6,8,12,14,16,18-19H,3-4,7,9-11H2,1H3. The van der Waals surface area contributed by atoms with Gasteiger partial charge >= 0.3 is 0 Å². The fourth-order valence-corrected chi connectivity index (χ4v) is 2.67. The fraction of sp³-hybridized carbons (Fsp3) is 0.625. The van der Waals surface area contributed by atoms with Gasteiger partial charge in [-0.3, -0.25) is 0 Å². The first-order chi connectivity index (χ1) is 9.19. The summed E-state index contributed by atoms with van der Waals surface area (Å²) in [5.74, 6) is 0.791. The normalized spacial score (nSPS) is 23.9. The van der Waals surface area contributed by atoms with Crippen LogP contribution in [-0.2, 0) is 0 Å². The van der Waals surface area contributed by atoms with Gasteiger partial charge in [0, 0.05) is 12.6 Å². The van der Waals surface area contributed by atoms with Crippen molar-refractivity contribution in [1.29, 1.82) is 0 Å². The molecule has 0 bridgehead atoms. The molecule has 1 aromatic rings. The molecule has 1 atom stereocenters. The van der Waals surface area contributed by atoms with Crippen LogP contribution in [0.15, 0.2) is 24.3 Å². The number of nitrogens with one attached hydrogen (secondary N) is 1. The Balaban J connectivity index is 1.61. The van der Waals surface area contributed by atoms with E-state index in [9.17, 15) is 4.39 Å². The minimum atomic E-state index is -0.132. The zero-order chi connectivity index (χ0) is 13.7. The lowest BCUT2D eigenvalue weighted by atomic mass is 9.76. The van der Waals surface area contributed by atoms with Crippen molar-refractivity contribution >= 4 is 0 Å². The summed E-state index contributed by atoms with van der Waals surface area (Å²) < 4.78 is 13.1. The van der Waals surface area contributed by atoms with Gasteiger partial charge in [-0.1, -0.05) is 19.1 Å². The van der Waals surface area contributed by atoms with E-state index < -0.39 is 0 Å². The molecule has 1 fully saturated rings. The van der Waals surface area contributed by atoms with Crippen LogP contribution in [0.2, 0.25) is 0 Å². The minimum absolute atomic E-state index is 0.132. The van der Waals surface area contributed by atoms with Gasteiger partial charge in [-0.05, 0) is 61.8 Å². The van der Waals surface area contributed by atoms with Gasteiger partial charge in [0.1, 0.15) is 5.82 Å². The summed E-state index contributed by atoms with van der Waals surface area (Å²) in [5.41, 5.74) is 1.13. The smallest absolute Gasteiger partial charge is 0.123 e. The molecule has 0 radical (unpaired) electrons. The molecule has 106 valence electrons. The minimum Gasteiger partial charge on any atom is -0.396 e. The Morgan fingerprint density at radius 1 is 1.42 bits per heavy atom. The zero-order valence-corrected chi connectivity index (χ0v) is 11.6. The Morgan fingerprint density at radius 3 is 2.89 bits per heavy atom. The zero-order valence-electron chi connectivity index (χ0n) is 11.6. The lowest BCUT2D eigenvalue weighted by molar-refractivity contribution is 0.225. The van der Waals surface area contributed by atoms with Crippen molar-refractivity contribution in [2.75, 3.05) is 13.2 Å². The topological polar surface area (TPSA) is 32.3 Å². The van der Waals surface area contributed by atoms with E-state index in [2.05, 4.69) is 12.2 Å². The molecular weight excluding hydrogens is 241 g/mol.